The molecule has 0 aromatic heterocycles. The van der Waals surface area contributed by atoms with Crippen molar-refractivity contribution in [2.45, 2.75) is 38.9 Å². The van der Waals surface area contributed by atoms with E-state index < -0.39 is 6.04 Å². The summed E-state index contributed by atoms with van der Waals surface area (Å²) in [5.74, 6) is -0.0601. The molecule has 1 atom stereocenters. The SMILES string of the molecule is COc1ccccc1CNC(=O)[C@@H](C)N(Cc1ccc(F)cc1)C(=O)CCc1ccccc1. The minimum absolute atomic E-state index is 0.136. The van der Waals surface area contributed by atoms with E-state index in [0.29, 0.717) is 12.2 Å². The predicted molar refractivity (Wildman–Crippen MR) is 126 cm³/mol. The summed E-state index contributed by atoms with van der Waals surface area (Å²) in [6.45, 7) is 2.22. The largest absolute Gasteiger partial charge is 0.496 e. The molecule has 3 aromatic carbocycles. The van der Waals surface area contributed by atoms with Crippen molar-refractivity contribution in [3.8, 4) is 5.75 Å². The number of para-hydroxylation sites is 1. The van der Waals surface area contributed by atoms with Crippen LogP contribution in [-0.2, 0) is 29.1 Å². The van der Waals surface area contributed by atoms with E-state index in [1.807, 2.05) is 54.6 Å². The van der Waals surface area contributed by atoms with Crippen LogP contribution < -0.4 is 10.1 Å². The van der Waals surface area contributed by atoms with Crippen molar-refractivity contribution in [1.82, 2.24) is 10.2 Å². The van der Waals surface area contributed by atoms with Crippen LogP contribution in [0.3, 0.4) is 0 Å². The number of methoxy groups -OCH3 is 1. The number of nitrogens with one attached hydrogen (secondary N) is 1. The van der Waals surface area contributed by atoms with Gasteiger partial charge in [0.2, 0.25) is 11.8 Å². The first kappa shape index (κ1) is 24.0. The van der Waals surface area contributed by atoms with E-state index >= 15 is 0 Å². The third-order valence-electron chi connectivity index (χ3n) is 5.55. The number of rotatable bonds is 10. The molecule has 0 saturated carbocycles. The van der Waals surface area contributed by atoms with Gasteiger partial charge >= 0.3 is 0 Å². The first-order chi connectivity index (χ1) is 16.0. The van der Waals surface area contributed by atoms with E-state index in [4.69, 9.17) is 4.74 Å². The lowest BCUT2D eigenvalue weighted by molar-refractivity contribution is -0.140. The van der Waals surface area contributed by atoms with E-state index in [9.17, 15) is 14.0 Å². The van der Waals surface area contributed by atoms with Crippen molar-refractivity contribution >= 4 is 11.8 Å². The lowest BCUT2D eigenvalue weighted by Gasteiger charge is -2.29. The second-order valence-corrected chi connectivity index (χ2v) is 7.84. The molecule has 0 fully saturated rings. The molecule has 172 valence electrons. The molecule has 0 heterocycles. The van der Waals surface area contributed by atoms with Gasteiger partial charge in [0.25, 0.3) is 0 Å². The average molecular weight is 449 g/mol. The molecule has 0 radical (unpaired) electrons. The van der Waals surface area contributed by atoms with Gasteiger partial charge in [0.05, 0.1) is 7.11 Å². The first-order valence-corrected chi connectivity index (χ1v) is 11.0. The maximum atomic E-state index is 13.3. The molecule has 33 heavy (non-hydrogen) atoms. The number of nitrogens with zero attached hydrogens (tertiary/aromatic N) is 1. The minimum atomic E-state index is -0.701. The number of halogens is 1. The highest BCUT2D eigenvalue weighted by Gasteiger charge is 2.26. The third-order valence-corrected chi connectivity index (χ3v) is 5.55. The highest BCUT2D eigenvalue weighted by Crippen LogP contribution is 2.18. The Bertz CT molecular complexity index is 1050. The smallest absolute Gasteiger partial charge is 0.242 e. The molecule has 3 aromatic rings. The summed E-state index contributed by atoms with van der Waals surface area (Å²) in [5, 5.41) is 2.90. The normalized spacial score (nSPS) is 11.5. The summed E-state index contributed by atoms with van der Waals surface area (Å²) < 4.78 is 18.7. The van der Waals surface area contributed by atoms with Crippen LogP contribution in [-0.4, -0.2) is 29.9 Å². The van der Waals surface area contributed by atoms with Crippen LogP contribution in [0.4, 0.5) is 4.39 Å². The standard InChI is InChI=1S/C27H29FN2O3/c1-20(27(32)29-18-23-10-6-7-11-25(23)33-2)30(19-22-12-15-24(28)16-13-22)26(31)17-14-21-8-4-3-5-9-21/h3-13,15-16,20H,14,17-19H2,1-2H3,(H,29,32)/t20-/m1/s1. The van der Waals surface area contributed by atoms with Gasteiger partial charge in [-0.25, -0.2) is 4.39 Å². The molecule has 0 unspecified atom stereocenters. The maximum absolute atomic E-state index is 13.3. The Kier molecular flexibility index (Phi) is 8.58. The zero-order valence-corrected chi connectivity index (χ0v) is 19.0. The van der Waals surface area contributed by atoms with Gasteiger partial charge in [-0.1, -0.05) is 60.7 Å². The summed E-state index contributed by atoms with van der Waals surface area (Å²) in [5.41, 5.74) is 2.66. The van der Waals surface area contributed by atoms with E-state index in [1.165, 1.54) is 12.1 Å². The summed E-state index contributed by atoms with van der Waals surface area (Å²) >= 11 is 0. The number of hydrogen-bond acceptors (Lipinski definition) is 3. The Morgan fingerprint density at radius 2 is 1.61 bits per heavy atom. The van der Waals surface area contributed by atoms with Crippen LogP contribution in [0.2, 0.25) is 0 Å². The van der Waals surface area contributed by atoms with Crippen molar-refractivity contribution in [2.24, 2.45) is 0 Å². The quantitative estimate of drug-likeness (QED) is 0.497. The third kappa shape index (κ3) is 6.91. The predicted octanol–water partition coefficient (Wildman–Crippen LogP) is 4.50. The van der Waals surface area contributed by atoms with Crippen LogP contribution in [0.5, 0.6) is 5.75 Å². The molecule has 3 rings (SSSR count). The Balaban J connectivity index is 1.71. The number of benzene rings is 3. The number of carbonyl (C=O) groups excluding carboxylic acids is 2. The van der Waals surface area contributed by atoms with Crippen LogP contribution in [0.15, 0.2) is 78.9 Å². The average Bonchev–Trinajstić information content (AvgIpc) is 2.85. The van der Waals surface area contributed by atoms with E-state index in [1.54, 1.807) is 31.1 Å². The fraction of sp³-hybridized carbons (Fsp3) is 0.259. The lowest BCUT2D eigenvalue weighted by atomic mass is 10.1. The van der Waals surface area contributed by atoms with Gasteiger partial charge in [-0.05, 0) is 42.7 Å². The van der Waals surface area contributed by atoms with Crippen LogP contribution in [0.1, 0.15) is 30.0 Å². The molecule has 1 N–H and O–H groups in total. The highest BCUT2D eigenvalue weighted by atomic mass is 19.1. The van der Waals surface area contributed by atoms with Crippen LogP contribution in [0, 0.1) is 5.82 Å². The number of ether oxygens (including phenoxy) is 1. The van der Waals surface area contributed by atoms with Crippen molar-refractivity contribution < 1.29 is 18.7 Å². The Hall–Kier alpha value is -3.67. The van der Waals surface area contributed by atoms with Gasteiger partial charge in [-0.15, -0.1) is 0 Å². The summed E-state index contributed by atoms with van der Waals surface area (Å²) in [6.07, 6.45) is 0.852. The second-order valence-electron chi connectivity index (χ2n) is 7.84. The van der Waals surface area contributed by atoms with E-state index in [2.05, 4.69) is 5.32 Å². The maximum Gasteiger partial charge on any atom is 0.242 e. The van der Waals surface area contributed by atoms with Crippen LogP contribution in [0.25, 0.3) is 0 Å². The molecule has 0 saturated heterocycles. The minimum Gasteiger partial charge on any atom is -0.496 e. The summed E-state index contributed by atoms with van der Waals surface area (Å²) in [6, 6.07) is 22.5. The zero-order valence-electron chi connectivity index (χ0n) is 19.0. The summed E-state index contributed by atoms with van der Waals surface area (Å²) in [7, 11) is 1.58. The molecule has 0 aliphatic rings. The second kappa shape index (κ2) is 11.8. The molecule has 2 amide bonds. The van der Waals surface area contributed by atoms with Crippen molar-refractivity contribution in [1.29, 1.82) is 0 Å². The first-order valence-electron chi connectivity index (χ1n) is 11.0. The number of aryl methyl sites for hydroxylation is 1. The molecular formula is C27H29FN2O3. The number of hydrogen-bond donors (Lipinski definition) is 1. The summed E-state index contributed by atoms with van der Waals surface area (Å²) in [4.78, 5) is 27.7. The van der Waals surface area contributed by atoms with Gasteiger partial charge < -0.3 is 15.0 Å². The zero-order chi connectivity index (χ0) is 23.6. The van der Waals surface area contributed by atoms with Crippen molar-refractivity contribution in [2.75, 3.05) is 7.11 Å². The van der Waals surface area contributed by atoms with E-state index in [0.717, 1.165) is 16.7 Å². The lowest BCUT2D eigenvalue weighted by Crippen LogP contribution is -2.47. The fourth-order valence-electron chi connectivity index (χ4n) is 3.59. The Morgan fingerprint density at radius 3 is 2.30 bits per heavy atom. The molecule has 6 heteroatoms. The Labute approximate surface area is 194 Å². The van der Waals surface area contributed by atoms with Crippen molar-refractivity contribution in [3.63, 3.8) is 0 Å². The topological polar surface area (TPSA) is 58.6 Å². The van der Waals surface area contributed by atoms with E-state index in [-0.39, 0.29) is 37.1 Å². The van der Waals surface area contributed by atoms with Crippen molar-refractivity contribution in [3.05, 3.63) is 101 Å². The van der Waals surface area contributed by atoms with Gasteiger partial charge in [0, 0.05) is 25.1 Å². The molecule has 5 nitrogen and oxygen atoms in total. The Morgan fingerprint density at radius 1 is 0.939 bits per heavy atom. The van der Waals surface area contributed by atoms with Crippen LogP contribution >= 0.6 is 0 Å². The molecular weight excluding hydrogens is 419 g/mol. The van der Waals surface area contributed by atoms with Gasteiger partial charge in [-0.3, -0.25) is 9.59 Å². The van der Waals surface area contributed by atoms with Gasteiger partial charge in [0.15, 0.2) is 0 Å². The monoisotopic (exact) mass is 448 g/mol. The molecule has 0 bridgehead atoms. The van der Waals surface area contributed by atoms with Gasteiger partial charge in [0.1, 0.15) is 17.6 Å². The van der Waals surface area contributed by atoms with Gasteiger partial charge in [-0.2, -0.15) is 0 Å². The fourth-order valence-corrected chi connectivity index (χ4v) is 3.59. The number of carbonyl (C=O) groups is 2. The molecule has 0 aliphatic heterocycles. The molecule has 0 aliphatic carbocycles. The molecule has 0 spiro atoms. The number of amides is 2. The highest BCUT2D eigenvalue weighted by molar-refractivity contribution is 5.87.